The third-order valence-corrected chi connectivity index (χ3v) is 7.71. The molecule has 0 aliphatic heterocycles. The van der Waals surface area contributed by atoms with E-state index in [1.54, 1.807) is 63.2 Å². The van der Waals surface area contributed by atoms with Crippen LogP contribution < -0.4 is 18.4 Å². The van der Waals surface area contributed by atoms with Crippen LogP contribution in [0.3, 0.4) is 0 Å². The smallest absolute Gasteiger partial charge is 0.419 e. The van der Waals surface area contributed by atoms with Gasteiger partial charge in [0.25, 0.3) is 0 Å². The summed E-state index contributed by atoms with van der Waals surface area (Å²) in [6, 6.07) is 14.3. The molecule has 4 rings (SSSR count). The molecule has 3 aromatic carbocycles. The van der Waals surface area contributed by atoms with Crippen molar-refractivity contribution in [3.05, 3.63) is 88.0 Å². The van der Waals surface area contributed by atoms with Crippen molar-refractivity contribution in [1.82, 2.24) is 9.29 Å². The fourth-order valence-electron chi connectivity index (χ4n) is 4.39. The van der Waals surface area contributed by atoms with Crippen molar-refractivity contribution in [2.75, 3.05) is 14.2 Å². The lowest BCUT2D eigenvalue weighted by atomic mass is 10.1. The van der Waals surface area contributed by atoms with Crippen molar-refractivity contribution in [3.63, 3.8) is 0 Å². The second-order valence-corrected chi connectivity index (χ2v) is 13.0. The van der Waals surface area contributed by atoms with Gasteiger partial charge in [0.2, 0.25) is 0 Å². The van der Waals surface area contributed by atoms with Crippen molar-refractivity contribution < 1.29 is 41.1 Å². The van der Waals surface area contributed by atoms with Gasteiger partial charge in [-0.15, -0.1) is 0 Å². The van der Waals surface area contributed by atoms with E-state index >= 15 is 0 Å². The molecule has 14 heteroatoms. The average Bonchev–Trinajstić information content (AvgIpc) is 3.32. The van der Waals surface area contributed by atoms with Gasteiger partial charge in [0.15, 0.2) is 0 Å². The van der Waals surface area contributed by atoms with E-state index in [0.717, 1.165) is 0 Å². The van der Waals surface area contributed by atoms with Gasteiger partial charge in [-0.25, -0.2) is 4.79 Å². The number of rotatable bonds is 11. The number of halogens is 2. The van der Waals surface area contributed by atoms with Crippen molar-refractivity contribution in [2.24, 2.45) is 0 Å². The highest BCUT2D eigenvalue weighted by Crippen LogP contribution is 2.28. The average molecular weight is 680 g/mol. The molecule has 1 N–H and O–H groups in total. The summed E-state index contributed by atoms with van der Waals surface area (Å²) in [6.07, 6.45) is 0.642. The van der Waals surface area contributed by atoms with Crippen LogP contribution in [0.5, 0.6) is 17.2 Å². The zero-order valence-electron chi connectivity index (χ0n) is 25.1. The molecule has 4 aromatic rings. The normalized spacial score (nSPS) is 12.4. The number of ether oxygens (including phenoxy) is 4. The van der Waals surface area contributed by atoms with Crippen LogP contribution in [-0.4, -0.2) is 50.9 Å². The van der Waals surface area contributed by atoms with E-state index in [0.29, 0.717) is 33.5 Å². The van der Waals surface area contributed by atoms with E-state index in [1.165, 1.54) is 43.2 Å². The first-order valence-corrected chi connectivity index (χ1v) is 15.7. The summed E-state index contributed by atoms with van der Waals surface area (Å²) >= 11 is 12.0. The number of carbonyl (C=O) groups excluding carboxylic acids is 2. The first-order valence-electron chi connectivity index (χ1n) is 13.6. The van der Waals surface area contributed by atoms with Crippen molar-refractivity contribution in [3.8, 4) is 17.2 Å². The first-order chi connectivity index (χ1) is 21.2. The lowest BCUT2D eigenvalue weighted by Crippen LogP contribution is -2.45. The number of aromatic nitrogens is 1. The Morgan fingerprint density at radius 1 is 0.911 bits per heavy atom. The van der Waals surface area contributed by atoms with E-state index < -0.39 is 34.0 Å². The van der Waals surface area contributed by atoms with Gasteiger partial charge in [0.1, 0.15) is 35.5 Å². The Kier molecular flexibility index (Phi) is 10.5. The summed E-state index contributed by atoms with van der Waals surface area (Å²) in [5.41, 5.74) is 0.714. The largest absolute Gasteiger partial charge is 0.497 e. The van der Waals surface area contributed by atoms with Crippen LogP contribution in [0.1, 0.15) is 31.9 Å². The van der Waals surface area contributed by atoms with Gasteiger partial charge in [0.05, 0.1) is 19.7 Å². The van der Waals surface area contributed by atoms with Crippen molar-refractivity contribution in [2.45, 2.75) is 45.4 Å². The minimum atomic E-state index is -4.63. The molecule has 11 nitrogen and oxygen atoms in total. The SMILES string of the molecule is COc1ccc(COC(=O)[C@H](Cc2cn(C(=O)OC(C)(C)C)c3ccccc23)NS(=O)(=O)Oc2cc(Cl)cc(Cl)c2)c(OC)c1. The maximum Gasteiger partial charge on any atom is 0.419 e. The molecular formula is C31H32Cl2N2O9S. The third-order valence-electron chi connectivity index (χ3n) is 6.29. The number of methoxy groups -OCH3 is 2. The van der Waals surface area contributed by atoms with Crippen LogP contribution in [0.25, 0.3) is 10.9 Å². The van der Waals surface area contributed by atoms with Crippen LogP contribution in [0.4, 0.5) is 4.79 Å². The maximum absolute atomic E-state index is 13.5. The van der Waals surface area contributed by atoms with Gasteiger partial charge in [-0.05, 0) is 50.6 Å². The third kappa shape index (κ3) is 9.04. The highest BCUT2D eigenvalue weighted by molar-refractivity contribution is 7.85. The number of nitrogens with zero attached hydrogens (tertiary/aromatic N) is 1. The first kappa shape index (κ1) is 33.9. The second kappa shape index (κ2) is 14.0. The Balaban J connectivity index is 1.67. The number of carbonyl (C=O) groups is 2. The van der Waals surface area contributed by atoms with Crippen LogP contribution in [0, 0.1) is 0 Å². The van der Waals surface area contributed by atoms with Crippen LogP contribution in [0.15, 0.2) is 66.9 Å². The van der Waals surface area contributed by atoms with Gasteiger partial charge in [-0.3, -0.25) is 9.36 Å². The number of esters is 1. The second-order valence-electron chi connectivity index (χ2n) is 10.8. The monoisotopic (exact) mass is 678 g/mol. The molecule has 0 radical (unpaired) electrons. The molecule has 0 aliphatic rings. The summed E-state index contributed by atoms with van der Waals surface area (Å²) in [4.78, 5) is 26.6. The van der Waals surface area contributed by atoms with Crippen molar-refractivity contribution >= 4 is 56.5 Å². The summed E-state index contributed by atoms with van der Waals surface area (Å²) in [5.74, 6) is -0.150. The van der Waals surface area contributed by atoms with E-state index in [9.17, 15) is 18.0 Å². The molecule has 240 valence electrons. The molecule has 0 unspecified atom stereocenters. The molecule has 45 heavy (non-hydrogen) atoms. The van der Waals surface area contributed by atoms with Gasteiger partial charge in [-0.2, -0.15) is 13.1 Å². The maximum atomic E-state index is 13.5. The molecular weight excluding hydrogens is 647 g/mol. The van der Waals surface area contributed by atoms with Crippen molar-refractivity contribution in [1.29, 1.82) is 0 Å². The molecule has 0 bridgehead atoms. The van der Waals surface area contributed by atoms with E-state index in [2.05, 4.69) is 4.72 Å². The van der Waals surface area contributed by atoms with Gasteiger partial charge in [0, 0.05) is 51.8 Å². The zero-order chi connectivity index (χ0) is 32.9. The summed E-state index contributed by atoms with van der Waals surface area (Å²) in [7, 11) is -1.67. The molecule has 0 spiro atoms. The van der Waals surface area contributed by atoms with Gasteiger partial charge in [-0.1, -0.05) is 41.4 Å². The molecule has 0 saturated carbocycles. The van der Waals surface area contributed by atoms with Gasteiger partial charge >= 0.3 is 22.4 Å². The number of fused-ring (bicyclic) bond motifs is 1. The molecule has 1 aromatic heterocycles. The minimum Gasteiger partial charge on any atom is -0.497 e. The van der Waals surface area contributed by atoms with Crippen LogP contribution in [-0.2, 0) is 37.6 Å². The number of hydrogen-bond donors (Lipinski definition) is 1. The molecule has 0 fully saturated rings. The Morgan fingerprint density at radius 3 is 2.24 bits per heavy atom. The summed E-state index contributed by atoms with van der Waals surface area (Å²) in [5, 5.41) is 0.888. The highest BCUT2D eigenvalue weighted by Gasteiger charge is 2.30. The number of hydrogen-bond acceptors (Lipinski definition) is 9. The molecule has 0 saturated heterocycles. The zero-order valence-corrected chi connectivity index (χ0v) is 27.5. The van der Waals surface area contributed by atoms with Crippen LogP contribution in [0.2, 0.25) is 10.0 Å². The Morgan fingerprint density at radius 2 is 1.60 bits per heavy atom. The lowest BCUT2D eigenvalue weighted by Gasteiger charge is -2.20. The fourth-order valence-corrected chi connectivity index (χ4v) is 5.82. The van der Waals surface area contributed by atoms with Crippen LogP contribution >= 0.6 is 23.2 Å². The lowest BCUT2D eigenvalue weighted by molar-refractivity contribution is -0.147. The van der Waals surface area contributed by atoms with E-state index in [-0.39, 0.29) is 28.8 Å². The topological polar surface area (TPSA) is 131 Å². The molecule has 0 aliphatic carbocycles. The minimum absolute atomic E-state index is 0.145. The Hall–Kier alpha value is -3.97. The summed E-state index contributed by atoms with van der Waals surface area (Å²) < 4.78 is 56.8. The number of para-hydroxylation sites is 1. The highest BCUT2D eigenvalue weighted by atomic mass is 35.5. The molecule has 0 amide bonds. The number of benzene rings is 3. The fraction of sp³-hybridized carbons (Fsp3) is 0.290. The predicted octanol–water partition coefficient (Wildman–Crippen LogP) is 6.32. The predicted molar refractivity (Wildman–Crippen MR) is 170 cm³/mol. The Bertz CT molecular complexity index is 1800. The van der Waals surface area contributed by atoms with E-state index in [1.807, 2.05) is 0 Å². The molecule has 1 heterocycles. The standard InChI is InChI=1S/C31H32Cl2N2O9S/c1-31(2,3)43-30(37)35-17-20(25-8-6-7-9-27(25)35)12-26(34-45(38,39)44-24-14-21(32)13-22(33)15-24)29(36)42-18-19-10-11-23(40-4)16-28(19)41-5/h6-11,13-17,26,34H,12,18H2,1-5H3/t26-/m0/s1. The molecule has 1 atom stereocenters. The van der Waals surface area contributed by atoms with E-state index in [4.69, 9.17) is 46.3 Å². The summed E-state index contributed by atoms with van der Waals surface area (Å²) in [6.45, 7) is 4.98. The quantitative estimate of drug-likeness (QED) is 0.181. The number of nitrogens with one attached hydrogen (secondary N) is 1. The van der Waals surface area contributed by atoms with Gasteiger partial charge < -0.3 is 23.1 Å². The Labute approximate surface area is 271 Å².